The van der Waals surface area contributed by atoms with Crippen molar-refractivity contribution in [2.24, 2.45) is 0 Å². The molecule has 0 heterocycles. The zero-order chi connectivity index (χ0) is 12.6. The highest BCUT2D eigenvalue weighted by Gasteiger charge is 2.17. The van der Waals surface area contributed by atoms with Gasteiger partial charge in [-0.2, -0.15) is 0 Å². The van der Waals surface area contributed by atoms with Crippen molar-refractivity contribution in [3.8, 4) is 11.5 Å². The van der Waals surface area contributed by atoms with Crippen LogP contribution in [0.3, 0.4) is 0 Å². The van der Waals surface area contributed by atoms with E-state index >= 15 is 0 Å². The normalized spacial score (nSPS) is 8.62. The van der Waals surface area contributed by atoms with Gasteiger partial charge in [0.25, 0.3) is 0 Å². The van der Waals surface area contributed by atoms with Crippen LogP contribution in [0.15, 0.2) is 18.2 Å². The van der Waals surface area contributed by atoms with Crippen LogP contribution in [0, 0.1) is 0 Å². The maximum absolute atomic E-state index is 8.98. The van der Waals surface area contributed by atoms with Gasteiger partial charge in [0.1, 0.15) is 11.5 Å². The summed E-state index contributed by atoms with van der Waals surface area (Å²) in [5.74, 6) is 0.986. The number of hydrogen-bond donors (Lipinski definition) is 4. The molecule has 8 heteroatoms. The first-order chi connectivity index (χ1) is 7.60. The summed E-state index contributed by atoms with van der Waals surface area (Å²) in [6.45, 7) is 0. The summed E-state index contributed by atoms with van der Waals surface area (Å²) in [6, 6.07) is 4.82. The van der Waals surface area contributed by atoms with Crippen LogP contribution < -0.4 is 14.9 Å². The molecule has 0 aliphatic carbocycles. The zero-order valence-corrected chi connectivity index (χ0v) is 8.99. The highest BCUT2D eigenvalue weighted by Crippen LogP contribution is 2.14. The largest absolute Gasteiger partial charge is 0.497 e. The highest BCUT2D eigenvalue weighted by atomic mass is 16.5. The van der Waals surface area contributed by atoms with Gasteiger partial charge in [-0.05, 0) is 18.2 Å². The number of hydrogen-bond acceptors (Lipinski definition) is 6. The summed E-state index contributed by atoms with van der Waals surface area (Å²) in [5, 5.41) is 32.0. The summed E-state index contributed by atoms with van der Waals surface area (Å²) in [7, 11) is 1.42. The van der Waals surface area contributed by atoms with Gasteiger partial charge >= 0.3 is 14.8 Å². The fourth-order valence-electron chi connectivity index (χ4n) is 1.04. The van der Waals surface area contributed by atoms with Gasteiger partial charge in [-0.15, -0.1) is 0 Å². The average Bonchev–Trinajstić information content (AvgIpc) is 2.29. The van der Waals surface area contributed by atoms with E-state index < -0.39 is 7.12 Å². The Balaban J connectivity index is 0.000000673. The molecule has 0 aromatic heterocycles. The SMILES string of the molecule is COc1ccc(OC)c(B(O)O)c1.O[B]O. The van der Waals surface area contributed by atoms with E-state index in [4.69, 9.17) is 29.6 Å². The predicted molar refractivity (Wildman–Crippen MR) is 59.6 cm³/mol. The number of ether oxygens (including phenoxy) is 2. The van der Waals surface area contributed by atoms with Crippen molar-refractivity contribution in [1.29, 1.82) is 0 Å². The smallest absolute Gasteiger partial charge is 0.492 e. The lowest BCUT2D eigenvalue weighted by Gasteiger charge is -2.08. The highest BCUT2D eigenvalue weighted by molar-refractivity contribution is 6.59. The molecule has 0 unspecified atom stereocenters. The molecule has 0 aliphatic heterocycles. The van der Waals surface area contributed by atoms with Crippen LogP contribution in [0.4, 0.5) is 0 Å². The molecule has 1 aromatic carbocycles. The van der Waals surface area contributed by atoms with E-state index in [0.29, 0.717) is 17.0 Å². The van der Waals surface area contributed by atoms with Gasteiger partial charge in [0.05, 0.1) is 14.2 Å². The minimum absolute atomic E-state index is 0. The minimum Gasteiger partial charge on any atom is -0.497 e. The molecule has 0 amide bonds. The molecular weight excluding hydrogens is 214 g/mol. The Morgan fingerprint density at radius 2 is 1.69 bits per heavy atom. The van der Waals surface area contributed by atoms with Gasteiger partial charge in [-0.25, -0.2) is 0 Å². The van der Waals surface area contributed by atoms with Crippen molar-refractivity contribution < 1.29 is 29.6 Å². The molecule has 6 nitrogen and oxygen atoms in total. The Labute approximate surface area is 94.5 Å². The van der Waals surface area contributed by atoms with Crippen LogP contribution in [0.1, 0.15) is 0 Å². The summed E-state index contributed by atoms with van der Waals surface area (Å²) >= 11 is 0. The second-order valence-corrected chi connectivity index (χ2v) is 2.60. The van der Waals surface area contributed by atoms with E-state index in [1.807, 2.05) is 0 Å². The summed E-state index contributed by atoms with van der Waals surface area (Å²) in [5.41, 5.74) is 0.293. The molecule has 0 fully saturated rings. The van der Waals surface area contributed by atoms with Gasteiger partial charge in [0, 0.05) is 5.46 Å². The molecule has 0 saturated heterocycles. The quantitative estimate of drug-likeness (QED) is 0.441. The summed E-state index contributed by atoms with van der Waals surface area (Å²) in [6.07, 6.45) is 0. The van der Waals surface area contributed by atoms with E-state index in [0.717, 1.165) is 0 Å². The Bertz CT molecular complexity index is 307. The first-order valence-corrected chi connectivity index (χ1v) is 4.28. The van der Waals surface area contributed by atoms with E-state index in [2.05, 4.69) is 0 Å². The lowest BCUT2D eigenvalue weighted by atomic mass is 9.79. The van der Waals surface area contributed by atoms with E-state index in [9.17, 15) is 0 Å². The van der Waals surface area contributed by atoms with Crippen molar-refractivity contribution in [2.75, 3.05) is 14.2 Å². The standard InChI is InChI=1S/C8H11BO4.BH2O2/c1-12-6-3-4-8(13-2)7(5-6)9(10)11;2-1-3/h3-5,10-11H,1-2H3;2-3H. The van der Waals surface area contributed by atoms with Crippen LogP contribution in [-0.2, 0) is 0 Å². The first-order valence-electron chi connectivity index (χ1n) is 4.28. The van der Waals surface area contributed by atoms with Crippen molar-refractivity contribution in [2.45, 2.75) is 0 Å². The van der Waals surface area contributed by atoms with Crippen molar-refractivity contribution >= 4 is 20.3 Å². The second kappa shape index (κ2) is 8.00. The molecule has 0 atom stereocenters. The summed E-state index contributed by atoms with van der Waals surface area (Å²) < 4.78 is 9.86. The molecule has 1 radical (unpaired) electrons. The molecule has 4 N–H and O–H groups in total. The fraction of sp³-hybridized carbons (Fsp3) is 0.250. The third-order valence-corrected chi connectivity index (χ3v) is 1.72. The van der Waals surface area contributed by atoms with E-state index in [1.165, 1.54) is 20.3 Å². The third-order valence-electron chi connectivity index (χ3n) is 1.72. The maximum atomic E-state index is 8.98. The predicted octanol–water partition coefficient (Wildman–Crippen LogP) is -2.11. The van der Waals surface area contributed by atoms with Gasteiger partial charge in [-0.3, -0.25) is 0 Å². The van der Waals surface area contributed by atoms with Crippen LogP contribution in [-0.4, -0.2) is 49.1 Å². The maximum Gasteiger partial charge on any atom is 0.492 e. The van der Waals surface area contributed by atoms with Gasteiger partial charge in [0.2, 0.25) is 0 Å². The van der Waals surface area contributed by atoms with Gasteiger partial charge in [-0.1, -0.05) is 0 Å². The van der Waals surface area contributed by atoms with Crippen LogP contribution in [0.2, 0.25) is 0 Å². The number of methoxy groups -OCH3 is 2. The van der Waals surface area contributed by atoms with Crippen LogP contribution >= 0.6 is 0 Å². The molecule has 87 valence electrons. The molecular formula is C8H13B2O6. The molecule has 16 heavy (non-hydrogen) atoms. The summed E-state index contributed by atoms with van der Waals surface area (Å²) in [4.78, 5) is 0. The first kappa shape index (κ1) is 14.8. The Hall–Kier alpha value is -1.21. The Kier molecular flexibility index (Phi) is 7.40. The topological polar surface area (TPSA) is 99.4 Å². The lowest BCUT2D eigenvalue weighted by molar-refractivity contribution is 0.395. The van der Waals surface area contributed by atoms with Gasteiger partial charge < -0.3 is 29.6 Å². The lowest BCUT2D eigenvalue weighted by Crippen LogP contribution is -2.31. The minimum atomic E-state index is -1.55. The molecule has 1 aromatic rings. The number of benzene rings is 1. The third kappa shape index (κ3) is 4.54. The average molecular weight is 227 g/mol. The van der Waals surface area contributed by atoms with Crippen molar-refractivity contribution in [3.05, 3.63) is 18.2 Å². The fourth-order valence-corrected chi connectivity index (χ4v) is 1.04. The number of rotatable bonds is 3. The molecule has 0 spiro atoms. The molecule has 1 rings (SSSR count). The molecule has 0 bridgehead atoms. The van der Waals surface area contributed by atoms with Crippen LogP contribution in [0.5, 0.6) is 11.5 Å². The van der Waals surface area contributed by atoms with Crippen molar-refractivity contribution in [1.82, 2.24) is 0 Å². The zero-order valence-electron chi connectivity index (χ0n) is 8.99. The monoisotopic (exact) mass is 227 g/mol. The second-order valence-electron chi connectivity index (χ2n) is 2.60. The Morgan fingerprint density at radius 3 is 2.06 bits per heavy atom. The molecule has 0 aliphatic rings. The van der Waals surface area contributed by atoms with Crippen molar-refractivity contribution in [3.63, 3.8) is 0 Å². The molecule has 0 saturated carbocycles. The van der Waals surface area contributed by atoms with E-state index in [1.54, 1.807) is 12.1 Å². The van der Waals surface area contributed by atoms with Gasteiger partial charge in [0.15, 0.2) is 0 Å². The van der Waals surface area contributed by atoms with E-state index in [-0.39, 0.29) is 7.69 Å². The van der Waals surface area contributed by atoms with Crippen LogP contribution in [0.25, 0.3) is 0 Å². The Morgan fingerprint density at radius 1 is 1.12 bits per heavy atom.